The second-order valence-corrected chi connectivity index (χ2v) is 34.7. The lowest BCUT2D eigenvalue weighted by molar-refractivity contribution is 0.0214. The molecule has 3 aliphatic heterocycles. The van der Waals surface area contributed by atoms with Crippen LogP contribution in [-0.4, -0.2) is 147 Å². The Hall–Kier alpha value is -11.7. The number of fused-ring (bicyclic) bond motifs is 6. The summed E-state index contributed by atoms with van der Waals surface area (Å²) < 4.78 is 21.2. The van der Waals surface area contributed by atoms with Gasteiger partial charge in [-0.05, 0) is 263 Å². The van der Waals surface area contributed by atoms with Crippen LogP contribution >= 0.6 is 11.8 Å². The molecule has 31 nitrogen and oxygen atoms in total. The normalized spacial score (nSPS) is 13.8. The lowest BCUT2D eigenvalue weighted by Crippen LogP contribution is -2.39. The van der Waals surface area contributed by atoms with Gasteiger partial charge in [-0.1, -0.05) is 30.0 Å². The molecule has 3 aromatic carbocycles. The summed E-state index contributed by atoms with van der Waals surface area (Å²) in [6.45, 7) is 37.1. The van der Waals surface area contributed by atoms with Crippen molar-refractivity contribution < 1.29 is 34.4 Å². The zero-order valence-electron chi connectivity index (χ0n) is 70.5. The Morgan fingerprint density at radius 3 is 1.21 bits per heavy atom. The standard InChI is InChI=1S/C30H37N7O4.C25H29N7O2.C17H21N5O2S.C14H20N2O2/c1-18(2)36-26(38)23-16-32-27(34-25(23)37(36)22-10-12-31-24(15-22)30(6,7)40)33-21-9-8-20-17-35(13-11-19(20)14-21)28(39)41-29(3,4)5;1-15(2)31-23(33)20-14-28-24(29-18-6-5-17-13-26-9-7-16(17)11-18)30-22(20)32(31)19-8-10-27-21(12-19)25(3,4)34;1-10(2)21-15(23)12-9-19-16(25-5)20-14(12)22(21)11-6-7-18-13(8-11)17(3,4)24;1-14(2,3)18-13(17)16-7-6-10-8-12(15)5-4-11(10)9-16/h8-10,12,14-16,18,40H,11,13,17H2,1-7H3,(H,32,33,34);5-6,8,10-12,14-15,26,34H,7,9,13H2,1-4H3,(H,28,29,30);6-10,24H,1-5H3;4-5,8H,6-7,9,15H2,1-3H3. The zero-order chi connectivity index (χ0) is 85.4. The van der Waals surface area contributed by atoms with Crippen molar-refractivity contribution in [2.24, 2.45) is 0 Å². The number of carbonyl (C=O) groups excluding carboxylic acids is 2. The molecule has 2 amide bonds. The number of carbonyl (C=O) groups is 2. The maximum atomic E-state index is 13.4. The van der Waals surface area contributed by atoms with Crippen LogP contribution < -0.4 is 38.4 Å². The van der Waals surface area contributed by atoms with Gasteiger partial charge in [0.15, 0.2) is 22.1 Å². The Morgan fingerprint density at radius 2 is 0.831 bits per heavy atom. The molecule has 0 spiro atoms. The van der Waals surface area contributed by atoms with Crippen LogP contribution in [0.2, 0.25) is 0 Å². The molecule has 0 radical (unpaired) electrons. The van der Waals surface area contributed by atoms with Gasteiger partial charge in [-0.25, -0.2) is 57.6 Å². The SMILES string of the molecule is CC(C)(C)OC(=O)N1CCc2cc(N)ccc2C1.CC(C)n1c(=O)c2cnc(Nc3ccc4c(c3)CCN(C(=O)OC(C)(C)C)C4)nc2n1-c1ccnc(C(C)(C)O)c1.CC(C)n1c(=O)c2cnc(Nc3ccc4c(c3)CCNC4)nc2n1-c1ccnc(C(C)(C)O)c1.CSc1ncc2c(=O)n(C(C)C)n(-c3ccnc(C(C)(C)O)c3)c2n1. The van der Waals surface area contributed by atoms with E-state index in [1.54, 1.807) is 147 Å². The number of anilines is 5. The predicted molar refractivity (Wildman–Crippen MR) is 458 cm³/mol. The van der Waals surface area contributed by atoms with E-state index in [1.807, 2.05) is 132 Å². The van der Waals surface area contributed by atoms with E-state index in [2.05, 4.69) is 63.0 Å². The Balaban J connectivity index is 0.000000151. The number of amides is 2. The second-order valence-electron chi connectivity index (χ2n) is 34.0. The summed E-state index contributed by atoms with van der Waals surface area (Å²) in [5, 5.41) is 43.1. The molecular weight excluding hydrogens is 1520 g/mol. The molecular formula is C86H107N21O10S. The Kier molecular flexibility index (Phi) is 24.7. The van der Waals surface area contributed by atoms with Gasteiger partial charge in [0.25, 0.3) is 16.7 Å². The van der Waals surface area contributed by atoms with Gasteiger partial charge in [0.05, 0.1) is 34.1 Å². The van der Waals surface area contributed by atoms with Gasteiger partial charge < -0.3 is 56.3 Å². The van der Waals surface area contributed by atoms with Crippen LogP contribution in [-0.2, 0) is 65.2 Å². The molecule has 0 bridgehead atoms. The quantitative estimate of drug-likeness (QED) is 0.0302. The molecule has 118 heavy (non-hydrogen) atoms. The van der Waals surface area contributed by atoms with E-state index in [4.69, 9.17) is 25.2 Å². The number of aliphatic hydroxyl groups is 3. The average molecular weight is 1630 g/mol. The molecule has 9 aromatic heterocycles. The molecule has 32 heteroatoms. The van der Waals surface area contributed by atoms with Gasteiger partial charge in [-0.2, -0.15) is 9.97 Å². The van der Waals surface area contributed by atoms with Crippen LogP contribution in [0.5, 0.6) is 0 Å². The van der Waals surface area contributed by atoms with Crippen molar-refractivity contribution in [2.75, 3.05) is 42.3 Å². The minimum atomic E-state index is -1.15. The summed E-state index contributed by atoms with van der Waals surface area (Å²) in [5.41, 5.74) is 15.6. The largest absolute Gasteiger partial charge is 0.444 e. The van der Waals surface area contributed by atoms with Crippen LogP contribution in [0.25, 0.3) is 50.2 Å². The van der Waals surface area contributed by atoms with E-state index in [9.17, 15) is 39.3 Å². The summed E-state index contributed by atoms with van der Waals surface area (Å²) in [4.78, 5) is 107. The molecule has 15 rings (SSSR count). The van der Waals surface area contributed by atoms with E-state index in [0.717, 1.165) is 65.4 Å². The van der Waals surface area contributed by atoms with Crippen LogP contribution in [0.4, 0.5) is 38.5 Å². The summed E-state index contributed by atoms with van der Waals surface area (Å²) in [6.07, 6.45) is 13.4. The Morgan fingerprint density at radius 1 is 0.466 bits per heavy atom. The second kappa shape index (κ2) is 34.1. The highest BCUT2D eigenvalue weighted by Gasteiger charge is 2.31. The first-order valence-corrected chi connectivity index (χ1v) is 40.7. The maximum absolute atomic E-state index is 13.4. The van der Waals surface area contributed by atoms with E-state index >= 15 is 0 Å². The monoisotopic (exact) mass is 1630 g/mol. The first-order valence-electron chi connectivity index (χ1n) is 39.5. The molecule has 0 aliphatic carbocycles. The summed E-state index contributed by atoms with van der Waals surface area (Å²) in [5.74, 6) is 0.753. The van der Waals surface area contributed by atoms with Crippen molar-refractivity contribution in [1.82, 2.24) is 88.1 Å². The number of ether oxygens (including phenoxy) is 2. The number of hydrogen-bond donors (Lipinski definition) is 7. The minimum absolute atomic E-state index is 0.0711. The number of thioether (sulfide) groups is 1. The van der Waals surface area contributed by atoms with Crippen molar-refractivity contribution in [1.29, 1.82) is 0 Å². The summed E-state index contributed by atoms with van der Waals surface area (Å²) in [6, 6.07) is 28.4. The van der Waals surface area contributed by atoms with Crippen molar-refractivity contribution in [3.05, 3.63) is 210 Å². The molecule has 622 valence electrons. The van der Waals surface area contributed by atoms with Crippen molar-refractivity contribution >= 4 is 86.0 Å². The molecule has 3 aliphatic rings. The predicted octanol–water partition coefficient (Wildman–Crippen LogP) is 13.1. The zero-order valence-corrected chi connectivity index (χ0v) is 71.3. The first-order chi connectivity index (χ1) is 55.5. The van der Waals surface area contributed by atoms with Crippen LogP contribution in [0.1, 0.15) is 193 Å². The van der Waals surface area contributed by atoms with Gasteiger partial charge in [0, 0.05) is 105 Å². The highest BCUT2D eigenvalue weighted by Crippen LogP contribution is 2.32. The molecule has 0 unspecified atom stereocenters. The van der Waals surface area contributed by atoms with Gasteiger partial charge >= 0.3 is 12.2 Å². The number of pyridine rings is 3. The van der Waals surface area contributed by atoms with E-state index in [-0.39, 0.29) is 47.0 Å². The van der Waals surface area contributed by atoms with E-state index in [1.165, 1.54) is 34.6 Å². The van der Waals surface area contributed by atoms with E-state index in [0.29, 0.717) is 111 Å². The van der Waals surface area contributed by atoms with Crippen molar-refractivity contribution in [3.63, 3.8) is 0 Å². The number of nitrogen functional groups attached to an aromatic ring is 1. The first kappa shape index (κ1) is 85.7. The number of benzene rings is 3. The fourth-order valence-electron chi connectivity index (χ4n) is 14.0. The van der Waals surface area contributed by atoms with Gasteiger partial charge in [-0.15, -0.1) is 0 Å². The lowest BCUT2D eigenvalue weighted by atomic mass is 9.99. The fraction of sp³-hybridized carbons (Fsp3) is 0.419. The van der Waals surface area contributed by atoms with Crippen LogP contribution in [0, 0.1) is 0 Å². The van der Waals surface area contributed by atoms with Gasteiger partial charge in [0.1, 0.15) is 44.2 Å². The van der Waals surface area contributed by atoms with Crippen molar-refractivity contribution in [2.45, 2.75) is 215 Å². The highest BCUT2D eigenvalue weighted by molar-refractivity contribution is 7.98. The number of nitrogens with one attached hydrogen (secondary N) is 3. The molecule has 0 atom stereocenters. The van der Waals surface area contributed by atoms with Gasteiger partial charge in [-0.3, -0.25) is 29.3 Å². The molecule has 0 fully saturated rings. The Bertz CT molecular complexity index is 5920. The molecule has 8 N–H and O–H groups in total. The minimum Gasteiger partial charge on any atom is -0.444 e. The number of aromatic nitrogens is 15. The third kappa shape index (κ3) is 19.4. The third-order valence-corrected chi connectivity index (χ3v) is 20.3. The third-order valence-electron chi connectivity index (χ3n) is 19.7. The van der Waals surface area contributed by atoms with Crippen LogP contribution in [0.15, 0.2) is 148 Å². The average Bonchev–Trinajstić information content (AvgIpc) is 1.61. The smallest absolute Gasteiger partial charge is 0.410 e. The molecule has 0 saturated carbocycles. The number of nitrogens with two attached hydrogens (primary N) is 1. The van der Waals surface area contributed by atoms with Crippen LogP contribution in [0.3, 0.4) is 0 Å². The highest BCUT2D eigenvalue weighted by atomic mass is 32.2. The topological polar surface area (TPSA) is 379 Å². The molecule has 12 aromatic rings. The van der Waals surface area contributed by atoms with E-state index < -0.39 is 28.0 Å². The maximum Gasteiger partial charge on any atom is 0.410 e. The van der Waals surface area contributed by atoms with Gasteiger partial charge in [0.2, 0.25) is 11.9 Å². The molecule has 12 heterocycles. The summed E-state index contributed by atoms with van der Waals surface area (Å²) >= 11 is 1.42. The lowest BCUT2D eigenvalue weighted by Gasteiger charge is -2.31. The van der Waals surface area contributed by atoms with Crippen molar-refractivity contribution in [3.8, 4) is 17.1 Å². The number of nitrogens with zero attached hydrogens (tertiary/aromatic N) is 17. The number of rotatable bonds is 14. The Labute approximate surface area is 688 Å². The number of hydrogen-bond acceptors (Lipinski definition) is 24. The molecule has 0 saturated heterocycles. The fourth-order valence-corrected chi connectivity index (χ4v) is 14.3. The summed E-state index contributed by atoms with van der Waals surface area (Å²) in [7, 11) is 0.